The number of carbonyl (C=O) groups excluding carboxylic acids is 1. The quantitative estimate of drug-likeness (QED) is 0.678. The van der Waals surface area contributed by atoms with Gasteiger partial charge >= 0.3 is 0 Å². The minimum atomic E-state index is 0.0394. The molecule has 6 nitrogen and oxygen atoms in total. The highest BCUT2D eigenvalue weighted by Gasteiger charge is 2.11. The summed E-state index contributed by atoms with van der Waals surface area (Å²) < 4.78 is 7.20. The van der Waals surface area contributed by atoms with Crippen molar-refractivity contribution in [3.05, 3.63) is 11.9 Å². The Labute approximate surface area is 94.0 Å². The molecule has 0 unspecified atom stereocenters. The van der Waals surface area contributed by atoms with E-state index in [4.69, 9.17) is 4.74 Å². The van der Waals surface area contributed by atoms with Gasteiger partial charge in [0.2, 0.25) is 5.91 Å². The Morgan fingerprint density at radius 1 is 1.56 bits per heavy atom. The lowest BCUT2D eigenvalue weighted by molar-refractivity contribution is -0.122. The predicted molar refractivity (Wildman–Crippen MR) is 56.5 cm³/mol. The van der Waals surface area contributed by atoms with E-state index in [1.165, 1.54) is 0 Å². The molecular formula is C10H16N4O2. The molecule has 0 spiro atoms. The lowest BCUT2D eigenvalue weighted by atomic mass is 10.2. The van der Waals surface area contributed by atoms with Crippen LogP contribution in [0, 0.1) is 0 Å². The standard InChI is InChI=1S/C10H16N4O2/c1-8-6-16-7-14-9(5-11-13-14)3-2-4-10(15)12-8/h5,8H,2-4,6-7H2,1H3,(H,12,15)/t8-/m1/s1. The van der Waals surface area contributed by atoms with Crippen LogP contribution in [0.15, 0.2) is 6.20 Å². The molecule has 1 aromatic heterocycles. The molecule has 1 aliphatic rings. The van der Waals surface area contributed by atoms with Crippen molar-refractivity contribution in [1.82, 2.24) is 20.3 Å². The van der Waals surface area contributed by atoms with Gasteiger partial charge in [-0.3, -0.25) is 4.79 Å². The molecule has 1 aliphatic heterocycles. The SMILES string of the molecule is C[C@@H]1COCn2nncc2CCCC(=O)N1. The van der Waals surface area contributed by atoms with Gasteiger partial charge in [-0.2, -0.15) is 0 Å². The smallest absolute Gasteiger partial charge is 0.220 e. The van der Waals surface area contributed by atoms with Gasteiger partial charge in [-0.25, -0.2) is 4.68 Å². The van der Waals surface area contributed by atoms with Crippen LogP contribution in [-0.4, -0.2) is 33.5 Å². The lowest BCUT2D eigenvalue weighted by Crippen LogP contribution is -2.35. The zero-order chi connectivity index (χ0) is 11.4. The summed E-state index contributed by atoms with van der Waals surface area (Å²) in [4.78, 5) is 11.5. The Morgan fingerprint density at radius 2 is 2.44 bits per heavy atom. The van der Waals surface area contributed by atoms with Gasteiger partial charge in [-0.15, -0.1) is 5.10 Å². The highest BCUT2D eigenvalue weighted by atomic mass is 16.5. The second-order valence-electron chi connectivity index (χ2n) is 4.05. The Kier molecular flexibility index (Phi) is 3.51. The Balaban J connectivity index is 2.04. The van der Waals surface area contributed by atoms with Crippen molar-refractivity contribution >= 4 is 5.91 Å². The van der Waals surface area contributed by atoms with E-state index >= 15 is 0 Å². The summed E-state index contributed by atoms with van der Waals surface area (Å²) in [5.41, 5.74) is 1.02. The zero-order valence-electron chi connectivity index (χ0n) is 9.35. The molecule has 0 fully saturated rings. The second-order valence-corrected chi connectivity index (χ2v) is 4.05. The van der Waals surface area contributed by atoms with Crippen molar-refractivity contribution in [3.8, 4) is 0 Å². The molecule has 2 heterocycles. The van der Waals surface area contributed by atoms with Crippen LogP contribution in [0.4, 0.5) is 0 Å². The summed E-state index contributed by atoms with van der Waals surface area (Å²) in [5.74, 6) is 0.0806. The van der Waals surface area contributed by atoms with Crippen molar-refractivity contribution in [1.29, 1.82) is 0 Å². The molecule has 1 amide bonds. The molecule has 6 heteroatoms. The highest BCUT2D eigenvalue weighted by molar-refractivity contribution is 5.76. The maximum atomic E-state index is 11.5. The number of hydrogen-bond acceptors (Lipinski definition) is 4. The molecule has 16 heavy (non-hydrogen) atoms. The van der Waals surface area contributed by atoms with Crippen LogP contribution < -0.4 is 5.32 Å². The van der Waals surface area contributed by atoms with Gasteiger partial charge in [0, 0.05) is 12.5 Å². The van der Waals surface area contributed by atoms with E-state index in [1.54, 1.807) is 10.9 Å². The number of aryl methyl sites for hydroxylation is 1. The third-order valence-corrected chi connectivity index (χ3v) is 2.52. The number of nitrogens with one attached hydrogen (secondary N) is 1. The molecule has 0 aromatic carbocycles. The molecule has 1 atom stereocenters. The Morgan fingerprint density at radius 3 is 3.31 bits per heavy atom. The van der Waals surface area contributed by atoms with E-state index in [2.05, 4.69) is 15.6 Å². The summed E-state index contributed by atoms with van der Waals surface area (Å²) in [7, 11) is 0. The number of ether oxygens (including phenoxy) is 1. The Hall–Kier alpha value is -1.43. The molecule has 0 saturated carbocycles. The maximum Gasteiger partial charge on any atom is 0.220 e. The normalized spacial score (nSPS) is 23.1. The fourth-order valence-corrected chi connectivity index (χ4v) is 1.72. The first kappa shape index (κ1) is 11.1. The first-order chi connectivity index (χ1) is 7.75. The van der Waals surface area contributed by atoms with Crippen LogP contribution in [0.5, 0.6) is 0 Å². The summed E-state index contributed by atoms with van der Waals surface area (Å²) in [6, 6.07) is 0.0394. The van der Waals surface area contributed by atoms with Crippen molar-refractivity contribution in [3.63, 3.8) is 0 Å². The molecule has 0 bridgehead atoms. The molecule has 0 radical (unpaired) electrons. The fourth-order valence-electron chi connectivity index (χ4n) is 1.72. The minimum Gasteiger partial charge on any atom is -0.357 e. The fraction of sp³-hybridized carbons (Fsp3) is 0.700. The number of amides is 1. The molecule has 1 N–H and O–H groups in total. The van der Waals surface area contributed by atoms with Crippen LogP contribution in [0.3, 0.4) is 0 Å². The minimum absolute atomic E-state index is 0.0394. The number of fused-ring (bicyclic) bond motifs is 1. The number of carbonyl (C=O) groups is 1. The third-order valence-electron chi connectivity index (χ3n) is 2.52. The lowest BCUT2D eigenvalue weighted by Gasteiger charge is -2.13. The van der Waals surface area contributed by atoms with E-state index in [0.717, 1.165) is 18.5 Å². The molecule has 1 aromatic rings. The number of rotatable bonds is 0. The number of aromatic nitrogens is 3. The number of nitrogens with zero attached hydrogens (tertiary/aromatic N) is 3. The van der Waals surface area contributed by atoms with Crippen LogP contribution in [0.25, 0.3) is 0 Å². The van der Waals surface area contributed by atoms with Gasteiger partial charge in [0.05, 0.1) is 18.5 Å². The summed E-state index contributed by atoms with van der Waals surface area (Å²) in [6.45, 7) is 2.82. The van der Waals surface area contributed by atoms with Crippen LogP contribution >= 0.6 is 0 Å². The largest absolute Gasteiger partial charge is 0.357 e. The van der Waals surface area contributed by atoms with E-state index < -0.39 is 0 Å². The van der Waals surface area contributed by atoms with Gasteiger partial charge in [-0.05, 0) is 19.8 Å². The molecule has 0 saturated heterocycles. The van der Waals surface area contributed by atoms with Gasteiger partial charge in [0.1, 0.15) is 6.73 Å². The van der Waals surface area contributed by atoms with Crippen LogP contribution in [0.2, 0.25) is 0 Å². The third kappa shape index (κ3) is 2.79. The highest BCUT2D eigenvalue weighted by Crippen LogP contribution is 2.05. The average molecular weight is 224 g/mol. The van der Waals surface area contributed by atoms with E-state index in [0.29, 0.717) is 19.8 Å². The summed E-state index contributed by atoms with van der Waals surface area (Å²) in [6.07, 6.45) is 3.88. The van der Waals surface area contributed by atoms with Crippen LogP contribution in [-0.2, 0) is 22.7 Å². The van der Waals surface area contributed by atoms with Crippen molar-refractivity contribution in [2.75, 3.05) is 6.61 Å². The monoisotopic (exact) mass is 224 g/mol. The first-order valence-corrected chi connectivity index (χ1v) is 5.50. The molecule has 2 rings (SSSR count). The predicted octanol–water partition coefficient (Wildman–Crippen LogP) is 0.0932. The van der Waals surface area contributed by atoms with Crippen molar-refractivity contribution in [2.24, 2.45) is 0 Å². The molecule has 88 valence electrons. The van der Waals surface area contributed by atoms with Crippen molar-refractivity contribution in [2.45, 2.75) is 39.0 Å². The zero-order valence-corrected chi connectivity index (χ0v) is 9.35. The van der Waals surface area contributed by atoms with Gasteiger partial charge < -0.3 is 10.1 Å². The summed E-state index contributed by atoms with van der Waals surface area (Å²) in [5, 5.41) is 10.7. The molecular weight excluding hydrogens is 208 g/mol. The summed E-state index contributed by atoms with van der Waals surface area (Å²) >= 11 is 0. The van der Waals surface area contributed by atoms with Gasteiger partial charge in [-0.1, -0.05) is 5.21 Å². The maximum absolute atomic E-state index is 11.5. The Bertz CT molecular complexity index is 363. The molecule has 0 aliphatic carbocycles. The van der Waals surface area contributed by atoms with Gasteiger partial charge in [0.25, 0.3) is 0 Å². The topological polar surface area (TPSA) is 69.0 Å². The van der Waals surface area contributed by atoms with E-state index in [-0.39, 0.29) is 11.9 Å². The average Bonchev–Trinajstić information content (AvgIpc) is 2.64. The van der Waals surface area contributed by atoms with E-state index in [1.807, 2.05) is 6.92 Å². The van der Waals surface area contributed by atoms with Crippen LogP contribution in [0.1, 0.15) is 25.5 Å². The van der Waals surface area contributed by atoms with E-state index in [9.17, 15) is 4.79 Å². The first-order valence-electron chi connectivity index (χ1n) is 5.50. The number of hydrogen-bond donors (Lipinski definition) is 1. The van der Waals surface area contributed by atoms with Crippen molar-refractivity contribution < 1.29 is 9.53 Å². The van der Waals surface area contributed by atoms with Gasteiger partial charge in [0.15, 0.2) is 0 Å². The second kappa shape index (κ2) is 5.07.